The van der Waals surface area contributed by atoms with Crippen LogP contribution in [0.5, 0.6) is 0 Å². The summed E-state index contributed by atoms with van der Waals surface area (Å²) < 4.78 is 0. The van der Waals surface area contributed by atoms with Crippen LogP contribution in [0.3, 0.4) is 0 Å². The Labute approximate surface area is 107 Å². The Morgan fingerprint density at radius 3 is 2.67 bits per heavy atom. The molecule has 0 aliphatic carbocycles. The summed E-state index contributed by atoms with van der Waals surface area (Å²) in [7, 11) is 0. The average Bonchev–Trinajstić information content (AvgIpc) is 2.43. The van der Waals surface area contributed by atoms with Gasteiger partial charge in [0.05, 0.1) is 17.1 Å². The van der Waals surface area contributed by atoms with Crippen LogP contribution >= 0.6 is 0 Å². The first-order chi connectivity index (χ1) is 8.78. The smallest absolute Gasteiger partial charge is 0.128 e. The number of nitrogens with zero attached hydrogens (tertiary/aromatic N) is 2. The molecule has 0 aliphatic rings. The van der Waals surface area contributed by atoms with E-state index in [0.29, 0.717) is 11.6 Å². The first kappa shape index (κ1) is 12.4. The number of fused-ring (bicyclic) bond motifs is 1. The molecule has 0 saturated heterocycles. The number of aromatic nitrogens is 1. The van der Waals surface area contributed by atoms with Crippen molar-refractivity contribution in [1.29, 1.82) is 5.26 Å². The molecule has 0 bridgehead atoms. The standard InChI is InChI=1S/C15H17N3/c1-3-12(4-2)17-15-9-11(10-16)13-7-5-6-8-14(13)18-15/h5-9,12H,3-4H2,1-2H3,(H,17,18). The van der Waals surface area contributed by atoms with E-state index in [1.165, 1.54) is 0 Å². The highest BCUT2D eigenvalue weighted by Gasteiger charge is 2.08. The highest BCUT2D eigenvalue weighted by molar-refractivity contribution is 5.86. The minimum Gasteiger partial charge on any atom is -0.367 e. The van der Waals surface area contributed by atoms with Crippen molar-refractivity contribution < 1.29 is 0 Å². The van der Waals surface area contributed by atoms with Crippen LogP contribution in [0.25, 0.3) is 10.9 Å². The van der Waals surface area contributed by atoms with Crippen molar-refractivity contribution in [3.05, 3.63) is 35.9 Å². The monoisotopic (exact) mass is 239 g/mol. The van der Waals surface area contributed by atoms with Crippen LogP contribution in [-0.2, 0) is 0 Å². The lowest BCUT2D eigenvalue weighted by atomic mass is 10.1. The van der Waals surface area contributed by atoms with E-state index >= 15 is 0 Å². The third kappa shape index (κ3) is 2.43. The Bertz CT molecular complexity index is 580. The molecule has 0 spiro atoms. The highest BCUT2D eigenvalue weighted by atomic mass is 15.0. The molecule has 0 fully saturated rings. The maximum absolute atomic E-state index is 9.20. The summed E-state index contributed by atoms with van der Waals surface area (Å²) in [5.74, 6) is 0.791. The lowest BCUT2D eigenvalue weighted by molar-refractivity contribution is 0.669. The minimum atomic E-state index is 0.408. The number of para-hydroxylation sites is 1. The fraction of sp³-hybridized carbons (Fsp3) is 0.333. The van der Waals surface area contributed by atoms with Gasteiger partial charge in [0.25, 0.3) is 0 Å². The molecule has 1 aromatic carbocycles. The van der Waals surface area contributed by atoms with E-state index in [2.05, 4.69) is 30.2 Å². The fourth-order valence-corrected chi connectivity index (χ4v) is 2.04. The summed E-state index contributed by atoms with van der Waals surface area (Å²) in [4.78, 5) is 4.56. The van der Waals surface area contributed by atoms with Crippen LogP contribution in [0, 0.1) is 11.3 Å². The average molecular weight is 239 g/mol. The normalized spacial score (nSPS) is 10.6. The summed E-state index contributed by atoms with van der Waals surface area (Å²) >= 11 is 0. The van der Waals surface area contributed by atoms with Crippen LogP contribution in [-0.4, -0.2) is 11.0 Å². The van der Waals surface area contributed by atoms with E-state index in [4.69, 9.17) is 0 Å². The zero-order chi connectivity index (χ0) is 13.0. The SMILES string of the molecule is CCC(CC)Nc1cc(C#N)c2ccccc2n1. The quantitative estimate of drug-likeness (QED) is 0.884. The maximum Gasteiger partial charge on any atom is 0.128 e. The second kappa shape index (κ2) is 5.50. The number of benzene rings is 1. The summed E-state index contributed by atoms with van der Waals surface area (Å²) in [6, 6.07) is 12.2. The molecule has 3 heteroatoms. The van der Waals surface area contributed by atoms with Crippen molar-refractivity contribution in [3.8, 4) is 6.07 Å². The Balaban J connectivity index is 2.44. The molecule has 2 rings (SSSR count). The van der Waals surface area contributed by atoms with E-state index in [1.54, 1.807) is 0 Å². The number of anilines is 1. The van der Waals surface area contributed by atoms with Crippen molar-refractivity contribution >= 4 is 16.7 Å². The summed E-state index contributed by atoms with van der Waals surface area (Å²) in [6.07, 6.45) is 2.10. The molecule has 0 atom stereocenters. The van der Waals surface area contributed by atoms with Gasteiger partial charge in [-0.2, -0.15) is 5.26 Å². The van der Waals surface area contributed by atoms with Crippen LogP contribution in [0.2, 0.25) is 0 Å². The molecule has 0 amide bonds. The number of nitriles is 1. The molecular weight excluding hydrogens is 222 g/mol. The van der Waals surface area contributed by atoms with E-state index in [1.807, 2.05) is 30.3 Å². The van der Waals surface area contributed by atoms with Gasteiger partial charge in [-0.05, 0) is 25.0 Å². The zero-order valence-electron chi connectivity index (χ0n) is 10.8. The van der Waals surface area contributed by atoms with Crippen molar-refractivity contribution in [2.24, 2.45) is 0 Å². The second-order valence-electron chi connectivity index (χ2n) is 4.34. The third-order valence-corrected chi connectivity index (χ3v) is 3.17. The topological polar surface area (TPSA) is 48.7 Å². The molecule has 3 nitrogen and oxygen atoms in total. The van der Waals surface area contributed by atoms with Gasteiger partial charge in [0.1, 0.15) is 5.82 Å². The summed E-state index contributed by atoms with van der Waals surface area (Å²) in [5.41, 5.74) is 1.54. The van der Waals surface area contributed by atoms with Gasteiger partial charge in [0, 0.05) is 11.4 Å². The van der Waals surface area contributed by atoms with Gasteiger partial charge in [-0.15, -0.1) is 0 Å². The summed E-state index contributed by atoms with van der Waals surface area (Å²) in [5, 5.41) is 13.5. The van der Waals surface area contributed by atoms with Gasteiger partial charge >= 0.3 is 0 Å². The highest BCUT2D eigenvalue weighted by Crippen LogP contribution is 2.21. The predicted molar refractivity (Wildman–Crippen MR) is 74.5 cm³/mol. The first-order valence-corrected chi connectivity index (χ1v) is 6.34. The number of pyridine rings is 1. The Morgan fingerprint density at radius 1 is 1.28 bits per heavy atom. The molecule has 0 unspecified atom stereocenters. The summed E-state index contributed by atoms with van der Waals surface area (Å²) in [6.45, 7) is 4.29. The van der Waals surface area contributed by atoms with Gasteiger partial charge in [0.15, 0.2) is 0 Å². The lowest BCUT2D eigenvalue weighted by Gasteiger charge is -2.16. The lowest BCUT2D eigenvalue weighted by Crippen LogP contribution is -2.17. The fourth-order valence-electron chi connectivity index (χ4n) is 2.04. The van der Waals surface area contributed by atoms with Gasteiger partial charge in [-0.1, -0.05) is 32.0 Å². The van der Waals surface area contributed by atoms with Crippen LogP contribution in [0.1, 0.15) is 32.3 Å². The minimum absolute atomic E-state index is 0.408. The Hall–Kier alpha value is -2.08. The predicted octanol–water partition coefficient (Wildman–Crippen LogP) is 3.71. The molecule has 2 aromatic rings. The van der Waals surface area contributed by atoms with Crippen molar-refractivity contribution in [2.75, 3.05) is 5.32 Å². The second-order valence-corrected chi connectivity index (χ2v) is 4.34. The molecule has 0 aliphatic heterocycles. The molecule has 0 radical (unpaired) electrons. The van der Waals surface area contributed by atoms with Crippen LogP contribution < -0.4 is 5.32 Å². The van der Waals surface area contributed by atoms with Gasteiger partial charge in [-0.25, -0.2) is 4.98 Å². The van der Waals surface area contributed by atoms with E-state index in [-0.39, 0.29) is 0 Å². The maximum atomic E-state index is 9.20. The first-order valence-electron chi connectivity index (χ1n) is 6.34. The van der Waals surface area contributed by atoms with Gasteiger partial charge in [0.2, 0.25) is 0 Å². The van der Waals surface area contributed by atoms with E-state index < -0.39 is 0 Å². The van der Waals surface area contributed by atoms with E-state index in [9.17, 15) is 5.26 Å². The Morgan fingerprint density at radius 2 is 2.00 bits per heavy atom. The van der Waals surface area contributed by atoms with Crippen molar-refractivity contribution in [2.45, 2.75) is 32.7 Å². The largest absolute Gasteiger partial charge is 0.367 e. The Kier molecular flexibility index (Phi) is 3.78. The molecular formula is C15H17N3. The molecule has 18 heavy (non-hydrogen) atoms. The number of rotatable bonds is 4. The molecule has 0 saturated carbocycles. The van der Waals surface area contributed by atoms with Crippen molar-refractivity contribution in [3.63, 3.8) is 0 Å². The van der Waals surface area contributed by atoms with E-state index in [0.717, 1.165) is 29.6 Å². The van der Waals surface area contributed by atoms with Gasteiger partial charge in [-0.3, -0.25) is 0 Å². The number of nitrogens with one attached hydrogen (secondary N) is 1. The van der Waals surface area contributed by atoms with Crippen LogP contribution in [0.4, 0.5) is 5.82 Å². The number of hydrogen-bond donors (Lipinski definition) is 1. The zero-order valence-corrected chi connectivity index (χ0v) is 10.8. The molecule has 1 N–H and O–H groups in total. The molecule has 92 valence electrons. The number of hydrogen-bond acceptors (Lipinski definition) is 3. The van der Waals surface area contributed by atoms with Crippen molar-refractivity contribution in [1.82, 2.24) is 4.98 Å². The molecule has 1 aromatic heterocycles. The van der Waals surface area contributed by atoms with Gasteiger partial charge < -0.3 is 5.32 Å². The molecule has 1 heterocycles. The van der Waals surface area contributed by atoms with Crippen LogP contribution in [0.15, 0.2) is 30.3 Å². The third-order valence-electron chi connectivity index (χ3n) is 3.17.